The Labute approximate surface area is 163 Å². The van der Waals surface area contributed by atoms with Gasteiger partial charge >= 0.3 is 0 Å². The van der Waals surface area contributed by atoms with E-state index in [4.69, 9.17) is 0 Å². The average molecular weight is 393 g/mol. The number of nitrogens with zero attached hydrogens (tertiary/aromatic N) is 2. The number of carbonyl (C=O) groups excluding carboxylic acids is 1. The first-order valence-electron chi connectivity index (χ1n) is 10.2. The Hall–Kier alpha value is -1.40. The maximum Gasteiger partial charge on any atom is 0.254 e. The summed E-state index contributed by atoms with van der Waals surface area (Å²) in [7, 11) is -3.50. The van der Waals surface area contributed by atoms with Gasteiger partial charge in [-0.15, -0.1) is 0 Å². The highest BCUT2D eigenvalue weighted by molar-refractivity contribution is 7.89. The summed E-state index contributed by atoms with van der Waals surface area (Å²) in [5, 5.41) is 0. The summed E-state index contributed by atoms with van der Waals surface area (Å²) in [4.78, 5) is 15.1. The molecule has 0 spiro atoms. The van der Waals surface area contributed by atoms with Gasteiger partial charge in [-0.25, -0.2) is 8.42 Å². The number of carbonyl (C=O) groups is 1. The molecule has 1 aromatic carbocycles. The van der Waals surface area contributed by atoms with Gasteiger partial charge in [-0.2, -0.15) is 4.31 Å². The van der Waals surface area contributed by atoms with Gasteiger partial charge in [-0.1, -0.05) is 27.2 Å². The molecule has 27 heavy (non-hydrogen) atoms. The van der Waals surface area contributed by atoms with Crippen molar-refractivity contribution in [3.05, 3.63) is 29.8 Å². The standard InChI is InChI=1S/C21H32N2O3S/c1-4-5-12-23(19-8-9-19)21(24)18-6-10-20(11-7-18)27(25,26)22-14-16(2)13-17(3)15-22/h6-7,10-11,16-17,19H,4-5,8-9,12-15H2,1-3H3. The molecule has 6 heteroatoms. The van der Waals surface area contributed by atoms with E-state index in [1.165, 1.54) is 0 Å². The molecule has 1 saturated carbocycles. The maximum absolute atomic E-state index is 13.0. The first kappa shape index (κ1) is 20.3. The minimum Gasteiger partial charge on any atom is -0.336 e. The van der Waals surface area contributed by atoms with Crippen molar-refractivity contribution in [3.8, 4) is 0 Å². The number of unbranched alkanes of at least 4 members (excludes halogenated alkanes) is 1. The van der Waals surface area contributed by atoms with Gasteiger partial charge in [0.25, 0.3) is 5.91 Å². The zero-order valence-electron chi connectivity index (χ0n) is 16.7. The van der Waals surface area contributed by atoms with Gasteiger partial charge in [0, 0.05) is 31.2 Å². The largest absolute Gasteiger partial charge is 0.336 e. The van der Waals surface area contributed by atoms with Crippen LogP contribution in [0.3, 0.4) is 0 Å². The fourth-order valence-electron chi connectivity index (χ4n) is 4.05. The van der Waals surface area contributed by atoms with Crippen LogP contribution in [0, 0.1) is 11.8 Å². The first-order chi connectivity index (χ1) is 12.8. The van der Waals surface area contributed by atoms with Gasteiger partial charge in [-0.3, -0.25) is 4.79 Å². The molecule has 0 radical (unpaired) electrons. The average Bonchev–Trinajstić information content (AvgIpc) is 3.46. The number of benzene rings is 1. The van der Waals surface area contributed by atoms with E-state index in [1.807, 2.05) is 4.90 Å². The van der Waals surface area contributed by atoms with Gasteiger partial charge < -0.3 is 4.90 Å². The molecule has 1 heterocycles. The van der Waals surface area contributed by atoms with E-state index in [2.05, 4.69) is 20.8 Å². The third-order valence-corrected chi connectivity index (χ3v) is 7.42. The molecule has 0 N–H and O–H groups in total. The Balaban J connectivity index is 1.75. The zero-order chi connectivity index (χ0) is 19.6. The van der Waals surface area contributed by atoms with E-state index in [9.17, 15) is 13.2 Å². The van der Waals surface area contributed by atoms with Crippen LogP contribution in [0.4, 0.5) is 0 Å². The lowest BCUT2D eigenvalue weighted by Gasteiger charge is -2.34. The zero-order valence-corrected chi connectivity index (χ0v) is 17.5. The molecule has 3 rings (SSSR count). The Morgan fingerprint density at radius 3 is 2.22 bits per heavy atom. The van der Waals surface area contributed by atoms with Crippen LogP contribution < -0.4 is 0 Å². The lowest BCUT2D eigenvalue weighted by molar-refractivity contribution is 0.0740. The molecule has 150 valence electrons. The van der Waals surface area contributed by atoms with Crippen LogP contribution >= 0.6 is 0 Å². The summed E-state index contributed by atoms with van der Waals surface area (Å²) in [5.41, 5.74) is 0.581. The van der Waals surface area contributed by atoms with Crippen molar-refractivity contribution >= 4 is 15.9 Å². The molecule has 2 aliphatic rings. The van der Waals surface area contributed by atoms with Crippen molar-refractivity contribution in [1.29, 1.82) is 0 Å². The van der Waals surface area contributed by atoms with Crippen LogP contribution in [0.5, 0.6) is 0 Å². The molecule has 1 aliphatic carbocycles. The second-order valence-corrected chi connectivity index (χ2v) is 10.3. The number of amides is 1. The van der Waals surface area contributed by atoms with Gasteiger partial charge in [0.05, 0.1) is 4.90 Å². The molecule has 0 bridgehead atoms. The molecule has 1 aliphatic heterocycles. The molecule has 2 unspecified atom stereocenters. The Morgan fingerprint density at radius 2 is 1.70 bits per heavy atom. The summed E-state index contributed by atoms with van der Waals surface area (Å²) in [6.45, 7) is 8.24. The molecule has 1 aromatic rings. The second kappa shape index (κ2) is 8.31. The highest BCUT2D eigenvalue weighted by Crippen LogP contribution is 2.30. The monoisotopic (exact) mass is 392 g/mol. The van der Waals surface area contributed by atoms with Crippen molar-refractivity contribution < 1.29 is 13.2 Å². The molecule has 0 aromatic heterocycles. The summed E-state index contributed by atoms with van der Waals surface area (Å²) in [6.07, 6.45) is 5.27. The number of piperidine rings is 1. The molecule has 5 nitrogen and oxygen atoms in total. The third-order valence-electron chi connectivity index (χ3n) is 5.58. The second-order valence-electron chi connectivity index (χ2n) is 8.38. The molecule has 2 fully saturated rings. The van der Waals surface area contributed by atoms with Crippen LogP contribution in [0.1, 0.15) is 63.2 Å². The molecular formula is C21H32N2O3S. The maximum atomic E-state index is 13.0. The Bertz CT molecular complexity index is 746. The normalized spacial score (nSPS) is 24.0. The molecular weight excluding hydrogens is 360 g/mol. The van der Waals surface area contributed by atoms with Gasteiger partial charge in [0.2, 0.25) is 10.0 Å². The number of rotatable bonds is 7. The fraction of sp³-hybridized carbons (Fsp3) is 0.667. The van der Waals surface area contributed by atoms with Crippen molar-refractivity contribution in [3.63, 3.8) is 0 Å². The highest BCUT2D eigenvalue weighted by atomic mass is 32.2. The van der Waals surface area contributed by atoms with Crippen LogP contribution in [0.15, 0.2) is 29.2 Å². The lowest BCUT2D eigenvalue weighted by Crippen LogP contribution is -2.42. The van der Waals surface area contributed by atoms with E-state index in [0.29, 0.717) is 36.5 Å². The predicted octanol–water partition coefficient (Wildman–Crippen LogP) is 3.76. The van der Waals surface area contributed by atoms with E-state index in [0.717, 1.165) is 38.6 Å². The SMILES string of the molecule is CCCCN(C(=O)c1ccc(S(=O)(=O)N2CC(C)CC(C)C2)cc1)C1CC1. The summed E-state index contributed by atoms with van der Waals surface area (Å²) in [6, 6.07) is 6.90. The number of hydrogen-bond acceptors (Lipinski definition) is 3. The minimum absolute atomic E-state index is 0.0233. The molecule has 1 amide bonds. The molecule has 1 saturated heterocycles. The van der Waals surface area contributed by atoms with Crippen LogP contribution in [-0.2, 0) is 10.0 Å². The topological polar surface area (TPSA) is 57.7 Å². The van der Waals surface area contributed by atoms with Gasteiger partial charge in [0.1, 0.15) is 0 Å². The summed E-state index contributed by atoms with van der Waals surface area (Å²) in [5.74, 6) is 0.764. The Morgan fingerprint density at radius 1 is 1.11 bits per heavy atom. The smallest absolute Gasteiger partial charge is 0.254 e. The van der Waals surface area contributed by atoms with E-state index in [1.54, 1.807) is 28.6 Å². The predicted molar refractivity (Wildman–Crippen MR) is 107 cm³/mol. The Kier molecular flexibility index (Phi) is 6.26. The quantitative estimate of drug-likeness (QED) is 0.710. The summed E-state index contributed by atoms with van der Waals surface area (Å²) >= 11 is 0. The minimum atomic E-state index is -3.50. The van der Waals surface area contributed by atoms with Crippen LogP contribution in [0.25, 0.3) is 0 Å². The van der Waals surface area contributed by atoms with Crippen LogP contribution in [-0.4, -0.2) is 49.2 Å². The highest BCUT2D eigenvalue weighted by Gasteiger charge is 2.34. The van der Waals surface area contributed by atoms with E-state index in [-0.39, 0.29) is 10.8 Å². The van der Waals surface area contributed by atoms with Crippen molar-refractivity contribution in [2.45, 2.75) is 63.8 Å². The lowest BCUT2D eigenvalue weighted by atomic mass is 9.94. The van der Waals surface area contributed by atoms with Crippen molar-refractivity contribution in [1.82, 2.24) is 9.21 Å². The first-order valence-corrected chi connectivity index (χ1v) is 11.7. The van der Waals surface area contributed by atoms with Crippen molar-refractivity contribution in [2.24, 2.45) is 11.8 Å². The third kappa shape index (κ3) is 4.72. The molecule has 2 atom stereocenters. The van der Waals surface area contributed by atoms with Crippen molar-refractivity contribution in [2.75, 3.05) is 19.6 Å². The van der Waals surface area contributed by atoms with Gasteiger partial charge in [0.15, 0.2) is 0 Å². The fourth-order valence-corrected chi connectivity index (χ4v) is 5.73. The van der Waals surface area contributed by atoms with E-state index < -0.39 is 10.0 Å². The van der Waals surface area contributed by atoms with Crippen LogP contribution in [0.2, 0.25) is 0 Å². The number of hydrogen-bond donors (Lipinski definition) is 0. The van der Waals surface area contributed by atoms with E-state index >= 15 is 0 Å². The van der Waals surface area contributed by atoms with Gasteiger partial charge in [-0.05, 0) is 61.8 Å². The summed E-state index contributed by atoms with van der Waals surface area (Å²) < 4.78 is 27.6. The number of sulfonamides is 1.